The van der Waals surface area contributed by atoms with Gasteiger partial charge in [-0.05, 0) is 30.7 Å². The normalized spacial score (nSPS) is 11.8. The van der Waals surface area contributed by atoms with Gasteiger partial charge in [-0.2, -0.15) is 0 Å². The number of allylic oxidation sites excluding steroid dienone is 6. The van der Waals surface area contributed by atoms with Crippen molar-refractivity contribution in [3.63, 3.8) is 0 Å². The highest BCUT2D eigenvalue weighted by molar-refractivity contribution is 5.16. The molecule has 0 spiro atoms. The van der Waals surface area contributed by atoms with Crippen LogP contribution in [0.5, 0.6) is 0 Å². The maximum atomic E-state index is 4.58. The minimum Gasteiger partial charge on any atom is -0.473 e. The summed E-state index contributed by atoms with van der Waals surface area (Å²) in [5, 5.41) is 0. The zero-order chi connectivity index (χ0) is 12.0. The van der Waals surface area contributed by atoms with E-state index in [0.717, 1.165) is 6.42 Å². The van der Waals surface area contributed by atoms with Crippen LogP contribution in [0.1, 0.15) is 6.42 Å². The fraction of sp³-hybridized carbons (Fsp3) is 0.0667. The fourth-order valence-electron chi connectivity index (χ4n) is 1.03. The van der Waals surface area contributed by atoms with E-state index in [0.29, 0.717) is 0 Å². The first-order valence-electron chi connectivity index (χ1n) is 5.53. The Hall–Kier alpha value is -2.22. The number of nitrogens with one attached hydrogen (secondary N) is 1. The largest absolute Gasteiger partial charge is 0.473 e. The molecule has 0 aliphatic heterocycles. The lowest BCUT2D eigenvalue weighted by atomic mass is 10.4. The molecule has 0 saturated carbocycles. The monoisotopic (exact) mass is 227 g/mol. The summed E-state index contributed by atoms with van der Waals surface area (Å²) in [7, 11) is 0. The molecule has 0 aromatic carbocycles. The molecule has 0 radical (unpaired) electrons. The maximum Gasteiger partial charge on any atom is 0.0902 e. The summed E-state index contributed by atoms with van der Waals surface area (Å²) in [6.45, 7) is 0. The molecule has 0 amide bonds. The third kappa shape index (κ3) is 8.75. The molecule has 17 heavy (non-hydrogen) atoms. The predicted molar refractivity (Wildman–Crippen MR) is 71.5 cm³/mol. The molecule has 0 unspecified atom stereocenters. The van der Waals surface area contributed by atoms with Crippen LogP contribution in [0, 0.1) is 0 Å². The van der Waals surface area contributed by atoms with Crippen LogP contribution < -0.4 is 0 Å². The van der Waals surface area contributed by atoms with Gasteiger partial charge in [0.05, 0.1) is 12.5 Å². The van der Waals surface area contributed by atoms with Gasteiger partial charge in [-0.1, -0.05) is 36.5 Å². The summed E-state index contributed by atoms with van der Waals surface area (Å²) < 4.78 is 4.58. The van der Waals surface area contributed by atoms with Gasteiger partial charge in [0.2, 0.25) is 0 Å². The highest BCUT2D eigenvalue weighted by atomic mass is 16.3. The van der Waals surface area contributed by atoms with Crippen LogP contribution >= 0.6 is 0 Å². The molecule has 2 heteroatoms. The molecule has 2 aromatic heterocycles. The predicted octanol–water partition coefficient (Wildman–Crippen LogP) is 4.35. The van der Waals surface area contributed by atoms with Crippen molar-refractivity contribution < 1.29 is 4.42 Å². The molecular weight excluding hydrogens is 210 g/mol. The van der Waals surface area contributed by atoms with E-state index < -0.39 is 0 Å². The topological polar surface area (TPSA) is 28.9 Å². The summed E-state index contributed by atoms with van der Waals surface area (Å²) in [4.78, 5) is 2.86. The third-order valence-corrected chi connectivity index (χ3v) is 1.80. The van der Waals surface area contributed by atoms with Crippen molar-refractivity contribution in [3.8, 4) is 0 Å². The zero-order valence-corrected chi connectivity index (χ0v) is 9.70. The first-order valence-corrected chi connectivity index (χ1v) is 5.53. The van der Waals surface area contributed by atoms with Gasteiger partial charge in [-0.3, -0.25) is 0 Å². The Morgan fingerprint density at radius 3 is 1.65 bits per heavy atom. The molecule has 0 saturated heterocycles. The van der Waals surface area contributed by atoms with Gasteiger partial charge >= 0.3 is 0 Å². The Bertz CT molecular complexity index is 333. The van der Waals surface area contributed by atoms with Crippen LogP contribution in [0.3, 0.4) is 0 Å². The highest BCUT2D eigenvalue weighted by Crippen LogP contribution is 1.92. The van der Waals surface area contributed by atoms with Crippen LogP contribution in [0.4, 0.5) is 0 Å². The molecule has 3 rings (SSSR count). The highest BCUT2D eigenvalue weighted by Gasteiger charge is 1.70. The average molecular weight is 227 g/mol. The van der Waals surface area contributed by atoms with E-state index in [9.17, 15) is 0 Å². The van der Waals surface area contributed by atoms with Crippen molar-refractivity contribution >= 4 is 0 Å². The van der Waals surface area contributed by atoms with Gasteiger partial charge in [-0.15, -0.1) is 0 Å². The van der Waals surface area contributed by atoms with E-state index >= 15 is 0 Å². The molecule has 1 N–H and O–H groups in total. The Kier molecular flexibility index (Phi) is 7.79. The van der Waals surface area contributed by atoms with Gasteiger partial charge in [0.15, 0.2) is 0 Å². The molecule has 2 aromatic rings. The van der Waals surface area contributed by atoms with Gasteiger partial charge in [0, 0.05) is 12.4 Å². The van der Waals surface area contributed by atoms with E-state index in [4.69, 9.17) is 0 Å². The van der Waals surface area contributed by atoms with E-state index in [1.54, 1.807) is 12.5 Å². The van der Waals surface area contributed by atoms with Crippen LogP contribution in [-0.4, -0.2) is 4.98 Å². The SMILES string of the molecule is C1=CC=CCC=C1.c1cc[nH]c1.c1ccoc1. The minimum atomic E-state index is 1.08. The standard InChI is InChI=1S/C7H8.C4H5N.C4H4O/c1-2-4-6-7-5-3-1;2*1-2-4-5-3-1/h1-6H,7H2;1-5H;1-4H. The first kappa shape index (κ1) is 12.8. The van der Waals surface area contributed by atoms with E-state index in [1.807, 2.05) is 48.8 Å². The first-order chi connectivity index (χ1) is 8.50. The second kappa shape index (κ2) is 10.3. The lowest BCUT2D eigenvalue weighted by Gasteiger charge is -1.69. The van der Waals surface area contributed by atoms with Crippen LogP contribution in [-0.2, 0) is 0 Å². The summed E-state index contributed by atoms with van der Waals surface area (Å²) in [5.41, 5.74) is 0. The summed E-state index contributed by atoms with van der Waals surface area (Å²) >= 11 is 0. The zero-order valence-electron chi connectivity index (χ0n) is 9.70. The lowest BCUT2D eigenvalue weighted by Crippen LogP contribution is -1.48. The van der Waals surface area contributed by atoms with Crippen molar-refractivity contribution in [3.05, 3.63) is 85.6 Å². The number of rotatable bonds is 0. The summed E-state index contributed by atoms with van der Waals surface area (Å²) in [6, 6.07) is 7.56. The molecule has 0 bridgehead atoms. The maximum absolute atomic E-state index is 4.58. The smallest absolute Gasteiger partial charge is 0.0902 e. The quantitative estimate of drug-likeness (QED) is 0.712. The Labute approximate surface area is 102 Å². The third-order valence-electron chi connectivity index (χ3n) is 1.80. The fourth-order valence-corrected chi connectivity index (χ4v) is 1.03. The van der Waals surface area contributed by atoms with E-state index in [2.05, 4.69) is 33.7 Å². The Morgan fingerprint density at radius 2 is 1.29 bits per heavy atom. The van der Waals surface area contributed by atoms with Gasteiger partial charge in [0.1, 0.15) is 0 Å². The number of H-pyrrole nitrogens is 1. The Balaban J connectivity index is 0.000000130. The number of aromatic amines is 1. The van der Waals surface area contributed by atoms with Crippen LogP contribution in [0.2, 0.25) is 0 Å². The molecule has 2 nitrogen and oxygen atoms in total. The summed E-state index contributed by atoms with van der Waals surface area (Å²) in [6.07, 6.45) is 20.5. The number of aromatic nitrogens is 1. The van der Waals surface area contributed by atoms with Crippen molar-refractivity contribution in [2.24, 2.45) is 0 Å². The molecular formula is C15H17NO. The minimum absolute atomic E-state index is 1.08. The molecule has 1 aliphatic carbocycles. The molecule has 0 fully saturated rings. The van der Waals surface area contributed by atoms with Crippen molar-refractivity contribution in [1.82, 2.24) is 4.98 Å². The number of hydrogen-bond donors (Lipinski definition) is 1. The van der Waals surface area contributed by atoms with Crippen molar-refractivity contribution in [1.29, 1.82) is 0 Å². The van der Waals surface area contributed by atoms with Crippen molar-refractivity contribution in [2.75, 3.05) is 0 Å². The van der Waals surface area contributed by atoms with E-state index in [1.165, 1.54) is 0 Å². The number of furan rings is 1. The van der Waals surface area contributed by atoms with Gasteiger partial charge in [-0.25, -0.2) is 0 Å². The average Bonchev–Trinajstić information content (AvgIpc) is 3.04. The second-order valence-electron chi connectivity index (χ2n) is 3.15. The molecule has 0 atom stereocenters. The molecule has 88 valence electrons. The Morgan fingerprint density at radius 1 is 0.706 bits per heavy atom. The second-order valence-corrected chi connectivity index (χ2v) is 3.15. The molecule has 2 heterocycles. The van der Waals surface area contributed by atoms with Gasteiger partial charge in [0.25, 0.3) is 0 Å². The number of hydrogen-bond acceptors (Lipinski definition) is 1. The van der Waals surface area contributed by atoms with E-state index in [-0.39, 0.29) is 0 Å². The van der Waals surface area contributed by atoms with Crippen LogP contribution in [0.15, 0.2) is 90.1 Å². The summed E-state index contributed by atoms with van der Waals surface area (Å²) in [5.74, 6) is 0. The molecule has 1 aliphatic rings. The van der Waals surface area contributed by atoms with Crippen molar-refractivity contribution in [2.45, 2.75) is 6.42 Å². The van der Waals surface area contributed by atoms with Crippen LogP contribution in [0.25, 0.3) is 0 Å². The lowest BCUT2D eigenvalue weighted by molar-refractivity contribution is 0.567. The van der Waals surface area contributed by atoms with Gasteiger partial charge < -0.3 is 9.40 Å².